The lowest BCUT2D eigenvalue weighted by Crippen LogP contribution is -2.24. The highest BCUT2D eigenvalue weighted by Crippen LogP contribution is 2.11. The van der Waals surface area contributed by atoms with Crippen LogP contribution in [0.25, 0.3) is 5.57 Å². The first kappa shape index (κ1) is 24.3. The van der Waals surface area contributed by atoms with E-state index in [0.29, 0.717) is 35.6 Å². The molecule has 0 spiro atoms. The van der Waals surface area contributed by atoms with Gasteiger partial charge in [0.05, 0.1) is 11.3 Å². The number of aliphatic imine (C=N–C) groups is 1. The number of nitrogens with one attached hydrogen (secondary N) is 1. The zero-order chi connectivity index (χ0) is 21.3. The Bertz CT molecular complexity index is 670. The number of carbonyl (C=O) groups excluding carboxylic acids is 2. The number of unbranched alkanes of at least 4 members (excludes halogenated alkanes) is 5. The SMILES string of the molecule is N/C=C(\C(N)=NCCCCCC(=O)NCCCCCCN)c1ccc(C=O)cn1. The molecule has 0 fully saturated rings. The van der Waals surface area contributed by atoms with Gasteiger partial charge in [-0.05, 0) is 44.4 Å². The van der Waals surface area contributed by atoms with Crippen LogP contribution in [0.1, 0.15) is 67.4 Å². The number of amides is 1. The number of amidine groups is 1. The Labute approximate surface area is 173 Å². The van der Waals surface area contributed by atoms with Crippen LogP contribution in [0.15, 0.2) is 29.5 Å². The van der Waals surface area contributed by atoms with Gasteiger partial charge < -0.3 is 22.5 Å². The minimum Gasteiger partial charge on any atom is -0.404 e. The Morgan fingerprint density at radius 2 is 1.86 bits per heavy atom. The molecule has 0 aliphatic carbocycles. The molecule has 0 aromatic carbocycles. The average molecular weight is 403 g/mol. The number of hydrogen-bond donors (Lipinski definition) is 4. The third kappa shape index (κ3) is 10.4. The molecule has 8 heteroatoms. The van der Waals surface area contributed by atoms with Crippen LogP contribution in [0, 0.1) is 0 Å². The van der Waals surface area contributed by atoms with Gasteiger partial charge in [0, 0.05) is 37.5 Å². The van der Waals surface area contributed by atoms with Gasteiger partial charge in [-0.3, -0.25) is 19.6 Å². The number of pyridine rings is 1. The minimum absolute atomic E-state index is 0.102. The number of hydrogen-bond acceptors (Lipinski definition) is 6. The fourth-order valence-corrected chi connectivity index (χ4v) is 2.73. The standard InChI is InChI=1S/C21H34N6O2/c22-11-5-1-2-6-12-25-20(29)8-4-3-7-13-26-21(24)18(14-23)19-10-9-17(16-28)15-27-19/h9-10,14-16H,1-8,11-13,22-23H2,(H2,24,26)(H,25,29)/b18-14-. The maximum absolute atomic E-state index is 11.8. The van der Waals surface area contributed by atoms with Crippen LogP contribution in [0.4, 0.5) is 0 Å². The molecule has 1 rings (SSSR count). The van der Waals surface area contributed by atoms with E-state index >= 15 is 0 Å². The summed E-state index contributed by atoms with van der Waals surface area (Å²) in [4.78, 5) is 31.0. The fraction of sp³-hybridized carbons (Fsp3) is 0.524. The molecule has 29 heavy (non-hydrogen) atoms. The van der Waals surface area contributed by atoms with Gasteiger partial charge in [-0.15, -0.1) is 0 Å². The van der Waals surface area contributed by atoms with E-state index in [-0.39, 0.29) is 5.91 Å². The van der Waals surface area contributed by atoms with Gasteiger partial charge >= 0.3 is 0 Å². The van der Waals surface area contributed by atoms with Gasteiger partial charge in [0.25, 0.3) is 0 Å². The Morgan fingerprint density at radius 1 is 1.10 bits per heavy atom. The van der Waals surface area contributed by atoms with Crippen LogP contribution in [-0.2, 0) is 4.79 Å². The van der Waals surface area contributed by atoms with Gasteiger partial charge in [0.15, 0.2) is 6.29 Å². The number of nitrogens with two attached hydrogens (primary N) is 3. The summed E-state index contributed by atoms with van der Waals surface area (Å²) in [5, 5.41) is 2.95. The maximum atomic E-state index is 11.8. The van der Waals surface area contributed by atoms with Gasteiger partial charge in [-0.25, -0.2) is 0 Å². The van der Waals surface area contributed by atoms with Crippen molar-refractivity contribution in [3.8, 4) is 0 Å². The minimum atomic E-state index is 0.102. The zero-order valence-corrected chi connectivity index (χ0v) is 17.1. The molecule has 1 amide bonds. The predicted octanol–water partition coefficient (Wildman–Crippen LogP) is 1.75. The van der Waals surface area contributed by atoms with Crippen molar-refractivity contribution in [2.75, 3.05) is 19.6 Å². The molecular formula is C21H34N6O2. The van der Waals surface area contributed by atoms with Crippen molar-refractivity contribution in [1.82, 2.24) is 10.3 Å². The van der Waals surface area contributed by atoms with Crippen molar-refractivity contribution >= 4 is 23.6 Å². The summed E-state index contributed by atoms with van der Waals surface area (Å²) in [6.45, 7) is 2.02. The number of rotatable bonds is 15. The van der Waals surface area contributed by atoms with E-state index in [1.807, 2.05) is 0 Å². The predicted molar refractivity (Wildman–Crippen MR) is 117 cm³/mol. The molecular weight excluding hydrogens is 368 g/mol. The molecule has 0 bridgehead atoms. The lowest BCUT2D eigenvalue weighted by Gasteiger charge is -2.07. The van der Waals surface area contributed by atoms with Crippen LogP contribution in [-0.4, -0.2) is 42.6 Å². The molecule has 160 valence electrons. The molecule has 7 N–H and O–H groups in total. The number of nitrogens with zero attached hydrogens (tertiary/aromatic N) is 2. The maximum Gasteiger partial charge on any atom is 0.219 e. The number of aldehydes is 1. The summed E-state index contributed by atoms with van der Waals surface area (Å²) in [6, 6.07) is 3.33. The molecule has 1 aromatic rings. The van der Waals surface area contributed by atoms with E-state index in [4.69, 9.17) is 17.2 Å². The molecule has 0 radical (unpaired) electrons. The normalized spacial score (nSPS) is 12.0. The van der Waals surface area contributed by atoms with Crippen LogP contribution < -0.4 is 22.5 Å². The van der Waals surface area contributed by atoms with Crippen molar-refractivity contribution in [3.05, 3.63) is 35.8 Å². The smallest absolute Gasteiger partial charge is 0.219 e. The van der Waals surface area contributed by atoms with Gasteiger partial charge in [0.2, 0.25) is 5.91 Å². The van der Waals surface area contributed by atoms with Gasteiger partial charge in [-0.2, -0.15) is 0 Å². The first-order valence-corrected chi connectivity index (χ1v) is 10.2. The van der Waals surface area contributed by atoms with E-state index in [2.05, 4.69) is 15.3 Å². The van der Waals surface area contributed by atoms with Crippen molar-refractivity contribution in [3.63, 3.8) is 0 Å². The second kappa shape index (κ2) is 15.2. The third-order valence-corrected chi connectivity index (χ3v) is 4.44. The van der Waals surface area contributed by atoms with E-state index in [9.17, 15) is 9.59 Å². The zero-order valence-electron chi connectivity index (χ0n) is 17.1. The molecule has 0 saturated heterocycles. The van der Waals surface area contributed by atoms with Crippen molar-refractivity contribution in [1.29, 1.82) is 0 Å². The van der Waals surface area contributed by atoms with E-state index < -0.39 is 0 Å². The van der Waals surface area contributed by atoms with Crippen LogP contribution in [0.5, 0.6) is 0 Å². The molecule has 0 aliphatic heterocycles. The highest BCUT2D eigenvalue weighted by molar-refractivity contribution is 6.21. The Hall–Kier alpha value is -2.74. The van der Waals surface area contributed by atoms with Gasteiger partial charge in [0.1, 0.15) is 5.84 Å². The Kier molecular flexibility index (Phi) is 12.7. The largest absolute Gasteiger partial charge is 0.404 e. The van der Waals surface area contributed by atoms with Gasteiger partial charge in [-0.1, -0.05) is 19.3 Å². The molecule has 0 aliphatic rings. The molecule has 0 saturated carbocycles. The second-order valence-corrected chi connectivity index (χ2v) is 6.81. The van der Waals surface area contributed by atoms with E-state index in [1.165, 1.54) is 12.4 Å². The lowest BCUT2D eigenvalue weighted by atomic mass is 10.1. The van der Waals surface area contributed by atoms with E-state index in [1.54, 1.807) is 12.1 Å². The highest BCUT2D eigenvalue weighted by Gasteiger charge is 2.07. The molecule has 1 aromatic heterocycles. The van der Waals surface area contributed by atoms with Crippen molar-refractivity contribution < 1.29 is 9.59 Å². The second-order valence-electron chi connectivity index (χ2n) is 6.81. The highest BCUT2D eigenvalue weighted by atomic mass is 16.1. The summed E-state index contributed by atoms with van der Waals surface area (Å²) in [5.41, 5.74) is 18.7. The van der Waals surface area contributed by atoms with Crippen molar-refractivity contribution in [2.45, 2.75) is 51.4 Å². The lowest BCUT2D eigenvalue weighted by molar-refractivity contribution is -0.121. The fourth-order valence-electron chi connectivity index (χ4n) is 2.73. The first-order valence-electron chi connectivity index (χ1n) is 10.2. The topological polar surface area (TPSA) is 149 Å². The Morgan fingerprint density at radius 3 is 2.52 bits per heavy atom. The van der Waals surface area contributed by atoms with Crippen LogP contribution >= 0.6 is 0 Å². The van der Waals surface area contributed by atoms with Crippen molar-refractivity contribution in [2.24, 2.45) is 22.2 Å². The van der Waals surface area contributed by atoms with Crippen LogP contribution in [0.2, 0.25) is 0 Å². The monoisotopic (exact) mass is 402 g/mol. The summed E-state index contributed by atoms with van der Waals surface area (Å²) >= 11 is 0. The summed E-state index contributed by atoms with van der Waals surface area (Å²) in [6.07, 6.45) is 10.9. The van der Waals surface area contributed by atoms with E-state index in [0.717, 1.165) is 64.3 Å². The quantitative estimate of drug-likeness (QED) is 0.152. The molecule has 8 nitrogen and oxygen atoms in total. The van der Waals surface area contributed by atoms with Crippen LogP contribution in [0.3, 0.4) is 0 Å². The molecule has 0 atom stereocenters. The Balaban J connectivity index is 2.22. The third-order valence-electron chi connectivity index (χ3n) is 4.44. The number of aromatic nitrogens is 1. The molecule has 0 unspecified atom stereocenters. The summed E-state index contributed by atoms with van der Waals surface area (Å²) in [7, 11) is 0. The average Bonchev–Trinajstić information content (AvgIpc) is 2.74. The first-order chi connectivity index (χ1) is 14.1. The molecule has 1 heterocycles. The summed E-state index contributed by atoms with van der Waals surface area (Å²) in [5.74, 6) is 0.413. The summed E-state index contributed by atoms with van der Waals surface area (Å²) < 4.78 is 0. The number of carbonyl (C=O) groups is 2.